The van der Waals surface area contributed by atoms with Crippen molar-refractivity contribution in [2.75, 3.05) is 20.6 Å². The lowest BCUT2D eigenvalue weighted by Gasteiger charge is -2.19. The summed E-state index contributed by atoms with van der Waals surface area (Å²) < 4.78 is 26.5. The van der Waals surface area contributed by atoms with Crippen molar-refractivity contribution in [1.82, 2.24) is 9.62 Å². The lowest BCUT2D eigenvalue weighted by molar-refractivity contribution is 0.0827. The highest BCUT2D eigenvalue weighted by Crippen LogP contribution is 2.12. The van der Waals surface area contributed by atoms with E-state index in [4.69, 9.17) is 5.73 Å². The average molecular weight is 336 g/mol. The van der Waals surface area contributed by atoms with Crippen molar-refractivity contribution in [2.45, 2.75) is 24.3 Å². The Morgan fingerprint density at radius 2 is 1.71 bits per heavy atom. The van der Waals surface area contributed by atoms with Gasteiger partial charge in [0.1, 0.15) is 0 Å². The molecule has 0 saturated carbocycles. The molecule has 21 heavy (non-hydrogen) atoms. The summed E-state index contributed by atoms with van der Waals surface area (Å²) in [5.74, 6) is -0.176. The highest BCUT2D eigenvalue weighted by Gasteiger charge is 2.19. The Hall–Kier alpha value is -1.15. The molecule has 0 aromatic heterocycles. The van der Waals surface area contributed by atoms with Gasteiger partial charge >= 0.3 is 0 Å². The molecule has 1 aromatic rings. The number of hydrogen-bond donors (Lipinski definition) is 2. The number of hydrogen-bond acceptors (Lipinski definition) is 4. The number of sulfonamides is 1. The SMILES string of the molecule is CN(C)C(=O)c1ccc(S(=O)(=O)NCC(C)(C)N)cc1.Cl. The first-order valence-electron chi connectivity index (χ1n) is 6.13. The Bertz CT molecular complexity index is 578. The van der Waals surface area contributed by atoms with Gasteiger partial charge in [-0.1, -0.05) is 0 Å². The predicted molar refractivity (Wildman–Crippen MR) is 85.2 cm³/mol. The second-order valence-electron chi connectivity index (χ2n) is 5.54. The van der Waals surface area contributed by atoms with Gasteiger partial charge in [-0.15, -0.1) is 12.4 Å². The van der Waals surface area contributed by atoms with E-state index >= 15 is 0 Å². The van der Waals surface area contributed by atoms with Crippen molar-refractivity contribution >= 4 is 28.3 Å². The fourth-order valence-corrected chi connectivity index (χ4v) is 2.62. The Labute approximate surface area is 132 Å². The first kappa shape index (κ1) is 19.9. The van der Waals surface area contributed by atoms with Crippen LogP contribution in [0.25, 0.3) is 0 Å². The Morgan fingerprint density at radius 3 is 2.10 bits per heavy atom. The minimum Gasteiger partial charge on any atom is -0.345 e. The summed E-state index contributed by atoms with van der Waals surface area (Å²) in [6, 6.07) is 5.79. The van der Waals surface area contributed by atoms with Crippen LogP contribution >= 0.6 is 12.4 Å². The summed E-state index contributed by atoms with van der Waals surface area (Å²) in [6.45, 7) is 3.59. The zero-order valence-electron chi connectivity index (χ0n) is 12.6. The molecular weight excluding hydrogens is 314 g/mol. The predicted octanol–water partition coefficient (Wildman–Crippen LogP) is 0.826. The molecule has 0 spiro atoms. The molecule has 0 aliphatic heterocycles. The molecule has 0 fully saturated rings. The minimum absolute atomic E-state index is 0. The van der Waals surface area contributed by atoms with Gasteiger partial charge in [0, 0.05) is 31.7 Å². The number of nitrogens with zero attached hydrogens (tertiary/aromatic N) is 1. The highest BCUT2D eigenvalue weighted by atomic mass is 35.5. The Balaban J connectivity index is 0.00000400. The van der Waals surface area contributed by atoms with E-state index in [1.54, 1.807) is 27.9 Å². The van der Waals surface area contributed by atoms with Gasteiger partial charge in [-0.05, 0) is 38.1 Å². The molecular formula is C13H22ClN3O3S. The van der Waals surface area contributed by atoms with Gasteiger partial charge in [-0.2, -0.15) is 0 Å². The first-order chi connectivity index (χ1) is 9.03. The number of benzene rings is 1. The van der Waals surface area contributed by atoms with Crippen LogP contribution in [0.3, 0.4) is 0 Å². The second-order valence-corrected chi connectivity index (χ2v) is 7.30. The van der Waals surface area contributed by atoms with Gasteiger partial charge in [0.05, 0.1) is 4.90 Å². The number of amides is 1. The Kier molecular flexibility index (Phi) is 6.82. The molecule has 1 rings (SSSR count). The van der Waals surface area contributed by atoms with Gasteiger partial charge in [0.15, 0.2) is 0 Å². The largest absolute Gasteiger partial charge is 0.345 e. The molecule has 0 aliphatic rings. The van der Waals surface area contributed by atoms with E-state index < -0.39 is 15.6 Å². The number of nitrogens with one attached hydrogen (secondary N) is 1. The van der Waals surface area contributed by atoms with Crippen molar-refractivity contribution in [2.24, 2.45) is 5.73 Å². The maximum absolute atomic E-state index is 12.0. The molecule has 0 aliphatic carbocycles. The van der Waals surface area contributed by atoms with Crippen molar-refractivity contribution < 1.29 is 13.2 Å². The third-order valence-electron chi connectivity index (χ3n) is 2.54. The van der Waals surface area contributed by atoms with Crippen molar-refractivity contribution in [3.8, 4) is 0 Å². The fourth-order valence-electron chi connectivity index (χ4n) is 1.40. The van der Waals surface area contributed by atoms with Crippen molar-refractivity contribution in [3.63, 3.8) is 0 Å². The molecule has 0 bridgehead atoms. The highest BCUT2D eigenvalue weighted by molar-refractivity contribution is 7.89. The van der Waals surface area contributed by atoms with Crippen LogP contribution in [-0.4, -0.2) is 45.4 Å². The van der Waals surface area contributed by atoms with Crippen molar-refractivity contribution in [1.29, 1.82) is 0 Å². The van der Waals surface area contributed by atoms with E-state index in [1.165, 1.54) is 29.2 Å². The second kappa shape index (κ2) is 7.22. The summed E-state index contributed by atoms with van der Waals surface area (Å²) in [4.78, 5) is 13.2. The first-order valence-corrected chi connectivity index (χ1v) is 7.61. The lowest BCUT2D eigenvalue weighted by atomic mass is 10.1. The molecule has 0 atom stereocenters. The fraction of sp³-hybridized carbons (Fsp3) is 0.462. The quantitative estimate of drug-likeness (QED) is 0.833. The topological polar surface area (TPSA) is 92.5 Å². The van der Waals surface area contributed by atoms with E-state index in [2.05, 4.69) is 4.72 Å². The Morgan fingerprint density at radius 1 is 1.24 bits per heavy atom. The van der Waals surface area contributed by atoms with Crippen LogP contribution in [0.1, 0.15) is 24.2 Å². The lowest BCUT2D eigenvalue weighted by Crippen LogP contribution is -2.45. The van der Waals surface area contributed by atoms with Crippen LogP contribution < -0.4 is 10.5 Å². The van der Waals surface area contributed by atoms with Gasteiger partial charge in [0.25, 0.3) is 5.91 Å². The third-order valence-corrected chi connectivity index (χ3v) is 3.95. The van der Waals surface area contributed by atoms with Gasteiger partial charge in [-0.25, -0.2) is 13.1 Å². The van der Waals surface area contributed by atoms with Crippen molar-refractivity contribution in [3.05, 3.63) is 29.8 Å². The molecule has 0 heterocycles. The molecule has 120 valence electrons. The summed E-state index contributed by atoms with van der Waals surface area (Å²) in [6.07, 6.45) is 0. The van der Waals surface area contributed by atoms with E-state index in [0.717, 1.165) is 0 Å². The van der Waals surface area contributed by atoms with Crippen LogP contribution in [0.5, 0.6) is 0 Å². The minimum atomic E-state index is -3.61. The molecule has 0 radical (unpaired) electrons. The van der Waals surface area contributed by atoms with E-state index in [0.29, 0.717) is 5.56 Å². The maximum Gasteiger partial charge on any atom is 0.253 e. The third kappa shape index (κ3) is 6.01. The van der Waals surface area contributed by atoms with Gasteiger partial charge in [0.2, 0.25) is 10.0 Å². The summed E-state index contributed by atoms with van der Waals surface area (Å²) in [5.41, 5.74) is 5.55. The molecule has 3 N–H and O–H groups in total. The molecule has 0 saturated heterocycles. The van der Waals surface area contributed by atoms with Crippen LogP contribution in [0.15, 0.2) is 29.2 Å². The standard InChI is InChI=1S/C13H21N3O3S.ClH/c1-13(2,14)9-15-20(18,19)11-7-5-10(6-8-11)12(17)16(3)4;/h5-8,15H,9,14H2,1-4H3;1H. The van der Waals surface area contributed by atoms with Crippen LogP contribution in [-0.2, 0) is 10.0 Å². The van der Waals surface area contributed by atoms with E-state index in [1.807, 2.05) is 0 Å². The van der Waals surface area contributed by atoms with Crippen LogP contribution in [0, 0.1) is 0 Å². The van der Waals surface area contributed by atoms with Gasteiger partial charge < -0.3 is 10.6 Å². The summed E-state index contributed by atoms with van der Waals surface area (Å²) in [5, 5.41) is 0. The number of carbonyl (C=O) groups is 1. The number of halogens is 1. The van der Waals surface area contributed by atoms with Gasteiger partial charge in [-0.3, -0.25) is 4.79 Å². The maximum atomic E-state index is 12.0. The normalized spacial score (nSPS) is 11.7. The summed E-state index contributed by atoms with van der Waals surface area (Å²) >= 11 is 0. The van der Waals surface area contributed by atoms with E-state index in [9.17, 15) is 13.2 Å². The smallest absolute Gasteiger partial charge is 0.253 e. The number of carbonyl (C=O) groups excluding carboxylic acids is 1. The molecule has 8 heteroatoms. The molecule has 0 unspecified atom stereocenters. The molecule has 1 amide bonds. The molecule has 6 nitrogen and oxygen atoms in total. The van der Waals surface area contributed by atoms with Crippen LogP contribution in [0.2, 0.25) is 0 Å². The number of nitrogens with two attached hydrogens (primary N) is 1. The monoisotopic (exact) mass is 335 g/mol. The number of rotatable bonds is 5. The molecule has 1 aromatic carbocycles. The average Bonchev–Trinajstić information content (AvgIpc) is 2.35. The zero-order valence-corrected chi connectivity index (χ0v) is 14.2. The summed E-state index contributed by atoms with van der Waals surface area (Å²) in [7, 11) is -0.338. The van der Waals surface area contributed by atoms with Crippen LogP contribution in [0.4, 0.5) is 0 Å². The zero-order chi connectivity index (χ0) is 15.6. The van der Waals surface area contributed by atoms with E-state index in [-0.39, 0.29) is 29.8 Å².